The second-order valence-electron chi connectivity index (χ2n) is 4.39. The Morgan fingerprint density at radius 1 is 1.64 bits per heavy atom. The van der Waals surface area contributed by atoms with E-state index >= 15 is 0 Å². The van der Waals surface area contributed by atoms with Crippen LogP contribution in [0.15, 0.2) is 36.5 Å². The highest BCUT2D eigenvalue weighted by atomic mass is 14.2. The van der Waals surface area contributed by atoms with Crippen LogP contribution in [-0.2, 0) is 0 Å². The molecule has 0 amide bonds. The largest absolute Gasteiger partial charge is 0.100 e. The summed E-state index contributed by atoms with van der Waals surface area (Å²) in [6, 6.07) is 0. The predicted molar refractivity (Wildman–Crippen MR) is 64.3 cm³/mol. The molecule has 14 heavy (non-hydrogen) atoms. The molecule has 0 saturated carbocycles. The van der Waals surface area contributed by atoms with Crippen LogP contribution in [-0.4, -0.2) is 0 Å². The van der Waals surface area contributed by atoms with Crippen molar-refractivity contribution in [2.75, 3.05) is 0 Å². The second kappa shape index (κ2) is 5.85. The van der Waals surface area contributed by atoms with E-state index in [1.54, 1.807) is 0 Å². The van der Waals surface area contributed by atoms with Crippen molar-refractivity contribution in [2.45, 2.75) is 45.4 Å². The first-order valence-corrected chi connectivity index (χ1v) is 5.71. The standard InChI is InChI=1S/C14H22/c1-4-13-9-5-6-10-14(13)11-7-8-12(2)3/h4,9,14H,1-2,5-8,10-11H2,3H3/t14-/m1/s1. The first-order chi connectivity index (χ1) is 6.74. The summed E-state index contributed by atoms with van der Waals surface area (Å²) < 4.78 is 0. The van der Waals surface area contributed by atoms with Crippen molar-refractivity contribution in [3.63, 3.8) is 0 Å². The van der Waals surface area contributed by atoms with Crippen LogP contribution < -0.4 is 0 Å². The molecule has 0 aromatic carbocycles. The van der Waals surface area contributed by atoms with Gasteiger partial charge in [-0.05, 0) is 56.9 Å². The highest BCUT2D eigenvalue weighted by Gasteiger charge is 2.14. The summed E-state index contributed by atoms with van der Waals surface area (Å²) in [4.78, 5) is 0. The third kappa shape index (κ3) is 3.53. The summed E-state index contributed by atoms with van der Waals surface area (Å²) in [7, 11) is 0. The monoisotopic (exact) mass is 190 g/mol. The van der Waals surface area contributed by atoms with Crippen LogP contribution in [0.4, 0.5) is 0 Å². The normalized spacial score (nSPS) is 21.5. The van der Waals surface area contributed by atoms with Crippen molar-refractivity contribution in [3.05, 3.63) is 36.5 Å². The second-order valence-corrected chi connectivity index (χ2v) is 4.39. The van der Waals surface area contributed by atoms with E-state index in [9.17, 15) is 0 Å². The van der Waals surface area contributed by atoms with Gasteiger partial charge in [-0.15, -0.1) is 6.58 Å². The molecule has 0 N–H and O–H groups in total. The van der Waals surface area contributed by atoms with Crippen LogP contribution in [0.25, 0.3) is 0 Å². The van der Waals surface area contributed by atoms with E-state index in [0.717, 1.165) is 5.92 Å². The average molecular weight is 190 g/mol. The molecular formula is C14H22. The molecule has 0 heteroatoms. The third-order valence-corrected chi connectivity index (χ3v) is 3.00. The lowest BCUT2D eigenvalue weighted by molar-refractivity contribution is 0.472. The SMILES string of the molecule is C=CC1=CCCC[C@@H]1CCCC(=C)C. The zero-order valence-electron chi connectivity index (χ0n) is 9.39. The Kier molecular flexibility index (Phi) is 4.72. The Morgan fingerprint density at radius 3 is 3.07 bits per heavy atom. The predicted octanol–water partition coefficient (Wildman–Crippen LogP) is 4.65. The maximum absolute atomic E-state index is 3.94. The van der Waals surface area contributed by atoms with Gasteiger partial charge in [0.2, 0.25) is 0 Å². The van der Waals surface area contributed by atoms with E-state index in [2.05, 4.69) is 26.2 Å². The van der Waals surface area contributed by atoms with Crippen molar-refractivity contribution < 1.29 is 0 Å². The Balaban J connectivity index is 2.35. The maximum atomic E-state index is 3.94. The minimum atomic E-state index is 0.778. The Morgan fingerprint density at radius 2 is 2.43 bits per heavy atom. The smallest absolute Gasteiger partial charge is 0.0165 e. The van der Waals surface area contributed by atoms with Crippen molar-refractivity contribution in [3.8, 4) is 0 Å². The average Bonchev–Trinajstić information content (AvgIpc) is 2.18. The van der Waals surface area contributed by atoms with Gasteiger partial charge in [0, 0.05) is 0 Å². The summed E-state index contributed by atoms with van der Waals surface area (Å²) in [5.74, 6) is 0.778. The van der Waals surface area contributed by atoms with Gasteiger partial charge in [0.15, 0.2) is 0 Å². The summed E-state index contributed by atoms with van der Waals surface area (Å²) in [5, 5.41) is 0. The lowest BCUT2D eigenvalue weighted by Crippen LogP contribution is -2.07. The molecule has 0 aromatic heterocycles. The quantitative estimate of drug-likeness (QED) is 0.554. The van der Waals surface area contributed by atoms with Gasteiger partial charge in [0.05, 0.1) is 0 Å². The van der Waals surface area contributed by atoms with Crippen molar-refractivity contribution >= 4 is 0 Å². The lowest BCUT2D eigenvalue weighted by atomic mass is 9.84. The van der Waals surface area contributed by atoms with Gasteiger partial charge in [0.1, 0.15) is 0 Å². The van der Waals surface area contributed by atoms with E-state index in [4.69, 9.17) is 0 Å². The molecule has 0 saturated heterocycles. The minimum absolute atomic E-state index is 0.778. The van der Waals surface area contributed by atoms with Gasteiger partial charge in [-0.1, -0.05) is 24.3 Å². The molecule has 78 valence electrons. The van der Waals surface area contributed by atoms with Crippen LogP contribution in [0, 0.1) is 5.92 Å². The number of allylic oxidation sites excluding steroid dienone is 4. The molecule has 0 spiro atoms. The molecule has 1 rings (SSSR count). The molecule has 0 aromatic rings. The maximum Gasteiger partial charge on any atom is -0.0165 e. The third-order valence-electron chi connectivity index (χ3n) is 3.00. The Hall–Kier alpha value is -0.780. The van der Waals surface area contributed by atoms with E-state index < -0.39 is 0 Å². The molecule has 0 fully saturated rings. The first kappa shape index (κ1) is 11.3. The molecule has 0 bridgehead atoms. The summed E-state index contributed by atoms with van der Waals surface area (Å²) in [5.41, 5.74) is 2.79. The fourth-order valence-electron chi connectivity index (χ4n) is 2.18. The first-order valence-electron chi connectivity index (χ1n) is 5.71. The molecule has 0 aliphatic heterocycles. The molecule has 1 atom stereocenters. The molecular weight excluding hydrogens is 168 g/mol. The Labute approximate surface area is 88.4 Å². The zero-order valence-corrected chi connectivity index (χ0v) is 9.39. The van der Waals surface area contributed by atoms with E-state index in [0.29, 0.717) is 0 Å². The van der Waals surface area contributed by atoms with Crippen molar-refractivity contribution in [1.82, 2.24) is 0 Å². The number of hydrogen-bond donors (Lipinski definition) is 0. The molecule has 0 heterocycles. The lowest BCUT2D eigenvalue weighted by Gasteiger charge is -2.22. The number of rotatable bonds is 5. The minimum Gasteiger partial charge on any atom is -0.100 e. The van der Waals surface area contributed by atoms with E-state index in [-0.39, 0.29) is 0 Å². The van der Waals surface area contributed by atoms with Crippen LogP contribution in [0.1, 0.15) is 45.4 Å². The fourth-order valence-corrected chi connectivity index (χ4v) is 2.18. The van der Waals surface area contributed by atoms with Gasteiger partial charge >= 0.3 is 0 Å². The Bertz CT molecular complexity index is 232. The molecule has 0 nitrogen and oxygen atoms in total. The van der Waals surface area contributed by atoms with Gasteiger partial charge in [0.25, 0.3) is 0 Å². The highest BCUT2D eigenvalue weighted by molar-refractivity contribution is 5.21. The summed E-state index contributed by atoms with van der Waals surface area (Å²) in [6.45, 7) is 9.95. The van der Waals surface area contributed by atoms with E-state index in [1.165, 1.54) is 49.7 Å². The van der Waals surface area contributed by atoms with Gasteiger partial charge in [-0.2, -0.15) is 0 Å². The highest BCUT2D eigenvalue weighted by Crippen LogP contribution is 2.29. The fraction of sp³-hybridized carbons (Fsp3) is 0.571. The van der Waals surface area contributed by atoms with Crippen LogP contribution >= 0.6 is 0 Å². The molecule has 0 unspecified atom stereocenters. The zero-order chi connectivity index (χ0) is 10.4. The van der Waals surface area contributed by atoms with Gasteiger partial charge in [-0.25, -0.2) is 0 Å². The van der Waals surface area contributed by atoms with Crippen LogP contribution in [0.3, 0.4) is 0 Å². The summed E-state index contributed by atoms with van der Waals surface area (Å²) >= 11 is 0. The van der Waals surface area contributed by atoms with Crippen molar-refractivity contribution in [1.29, 1.82) is 0 Å². The molecule has 1 aliphatic carbocycles. The molecule has 1 aliphatic rings. The topological polar surface area (TPSA) is 0 Å². The summed E-state index contributed by atoms with van der Waals surface area (Å²) in [6.07, 6.45) is 12.1. The van der Waals surface area contributed by atoms with E-state index in [1.807, 2.05) is 6.08 Å². The number of hydrogen-bond acceptors (Lipinski definition) is 0. The van der Waals surface area contributed by atoms with Gasteiger partial charge < -0.3 is 0 Å². The van der Waals surface area contributed by atoms with Crippen LogP contribution in [0.5, 0.6) is 0 Å². The van der Waals surface area contributed by atoms with Crippen molar-refractivity contribution in [2.24, 2.45) is 5.92 Å². The van der Waals surface area contributed by atoms with Gasteiger partial charge in [-0.3, -0.25) is 0 Å². The molecule has 0 radical (unpaired) electrons. The van der Waals surface area contributed by atoms with Crippen LogP contribution in [0.2, 0.25) is 0 Å².